The number of aromatic nitrogens is 2. The molecule has 0 bridgehead atoms. The van der Waals surface area contributed by atoms with E-state index in [2.05, 4.69) is 47.3 Å². The van der Waals surface area contributed by atoms with Gasteiger partial charge < -0.3 is 10.6 Å². The van der Waals surface area contributed by atoms with Crippen molar-refractivity contribution in [1.82, 2.24) is 20.4 Å². The first-order valence-electron chi connectivity index (χ1n) is 9.14. The van der Waals surface area contributed by atoms with Crippen LogP contribution in [0.1, 0.15) is 57.3 Å². The molecule has 0 spiro atoms. The highest BCUT2D eigenvalue weighted by molar-refractivity contribution is 5.80. The van der Waals surface area contributed by atoms with Crippen molar-refractivity contribution in [2.75, 3.05) is 13.1 Å². The number of hydrogen-bond acceptors (Lipinski definition) is 2. The molecule has 5 heteroatoms. The highest BCUT2D eigenvalue weighted by Crippen LogP contribution is 2.17. The topological polar surface area (TPSA) is 54.2 Å². The summed E-state index contributed by atoms with van der Waals surface area (Å²) in [6.07, 6.45) is 6.60. The van der Waals surface area contributed by atoms with E-state index in [1.165, 1.54) is 37.8 Å². The number of aliphatic imine (C=N–C) groups is 1. The number of rotatable bonds is 6. The van der Waals surface area contributed by atoms with Crippen molar-refractivity contribution >= 4 is 5.96 Å². The van der Waals surface area contributed by atoms with Gasteiger partial charge in [-0.05, 0) is 45.6 Å². The van der Waals surface area contributed by atoms with Crippen LogP contribution in [0.15, 0.2) is 11.1 Å². The fraction of sp³-hybridized carbons (Fsp3) is 0.778. The van der Waals surface area contributed by atoms with Crippen molar-refractivity contribution in [1.29, 1.82) is 0 Å². The Morgan fingerprint density at radius 2 is 2.09 bits per heavy atom. The van der Waals surface area contributed by atoms with Crippen LogP contribution in [-0.4, -0.2) is 34.9 Å². The van der Waals surface area contributed by atoms with Crippen LogP contribution in [0.5, 0.6) is 0 Å². The molecule has 1 atom stereocenters. The number of nitrogens with one attached hydrogen (secondary N) is 2. The van der Waals surface area contributed by atoms with E-state index < -0.39 is 0 Å². The maximum absolute atomic E-state index is 4.79. The molecule has 1 heterocycles. The second kappa shape index (κ2) is 8.94. The van der Waals surface area contributed by atoms with Crippen LogP contribution in [0.3, 0.4) is 0 Å². The molecular weight excluding hydrogens is 286 g/mol. The van der Waals surface area contributed by atoms with E-state index in [4.69, 9.17) is 4.99 Å². The first-order valence-corrected chi connectivity index (χ1v) is 9.14. The summed E-state index contributed by atoms with van der Waals surface area (Å²) in [5.74, 6) is 1.44. The third kappa shape index (κ3) is 5.88. The lowest BCUT2D eigenvalue weighted by Crippen LogP contribution is -2.44. The molecule has 5 nitrogen and oxygen atoms in total. The lowest BCUT2D eigenvalue weighted by molar-refractivity contribution is 0.408. The molecular formula is C18H33N5. The van der Waals surface area contributed by atoms with Crippen LogP contribution in [0.4, 0.5) is 0 Å². The second-order valence-electron chi connectivity index (χ2n) is 6.91. The molecule has 0 amide bonds. The monoisotopic (exact) mass is 319 g/mol. The molecule has 0 aliphatic heterocycles. The molecule has 1 saturated carbocycles. The maximum Gasteiger partial charge on any atom is 0.191 e. The van der Waals surface area contributed by atoms with Gasteiger partial charge in [-0.2, -0.15) is 5.10 Å². The Hall–Kier alpha value is -1.52. The molecule has 2 N–H and O–H groups in total. The van der Waals surface area contributed by atoms with E-state index in [9.17, 15) is 0 Å². The van der Waals surface area contributed by atoms with Crippen molar-refractivity contribution in [3.05, 3.63) is 17.5 Å². The van der Waals surface area contributed by atoms with Crippen molar-refractivity contribution in [2.45, 2.75) is 72.4 Å². The summed E-state index contributed by atoms with van der Waals surface area (Å²) < 4.78 is 2.09. The van der Waals surface area contributed by atoms with E-state index in [0.717, 1.165) is 31.3 Å². The maximum atomic E-state index is 4.79. The minimum absolute atomic E-state index is 0.467. The van der Waals surface area contributed by atoms with E-state index >= 15 is 0 Å². The van der Waals surface area contributed by atoms with Gasteiger partial charge in [-0.15, -0.1) is 0 Å². The summed E-state index contributed by atoms with van der Waals surface area (Å²) in [6, 6.07) is 2.72. The third-order valence-electron chi connectivity index (χ3n) is 4.44. The Labute approximate surface area is 141 Å². The van der Waals surface area contributed by atoms with Crippen LogP contribution >= 0.6 is 0 Å². The fourth-order valence-corrected chi connectivity index (χ4v) is 3.22. The Balaban J connectivity index is 1.86. The molecule has 130 valence electrons. The van der Waals surface area contributed by atoms with Crippen LogP contribution in [0.2, 0.25) is 0 Å². The minimum Gasteiger partial charge on any atom is -0.357 e. The average Bonchev–Trinajstić information content (AvgIpc) is 2.84. The van der Waals surface area contributed by atoms with Gasteiger partial charge in [-0.1, -0.05) is 26.2 Å². The number of aryl methyl sites for hydroxylation is 2. The molecule has 1 aromatic rings. The number of hydrogen-bond donors (Lipinski definition) is 2. The Bertz CT molecular complexity index is 500. The lowest BCUT2D eigenvalue weighted by atomic mass is 9.96. The van der Waals surface area contributed by atoms with Gasteiger partial charge in [0.1, 0.15) is 0 Å². The van der Waals surface area contributed by atoms with E-state index in [-0.39, 0.29) is 0 Å². The summed E-state index contributed by atoms with van der Waals surface area (Å²) in [4.78, 5) is 4.79. The van der Waals surface area contributed by atoms with Gasteiger partial charge >= 0.3 is 0 Å². The Kier molecular flexibility index (Phi) is 6.93. The van der Waals surface area contributed by atoms with Crippen molar-refractivity contribution in [2.24, 2.45) is 10.9 Å². The summed E-state index contributed by atoms with van der Waals surface area (Å²) >= 11 is 0. The smallest absolute Gasteiger partial charge is 0.191 e. The Morgan fingerprint density at radius 1 is 1.35 bits per heavy atom. The van der Waals surface area contributed by atoms with Gasteiger partial charge in [0.15, 0.2) is 5.96 Å². The zero-order chi connectivity index (χ0) is 16.7. The quantitative estimate of drug-likeness (QED) is 0.626. The van der Waals surface area contributed by atoms with Crippen LogP contribution in [-0.2, 0) is 6.54 Å². The highest BCUT2D eigenvalue weighted by atomic mass is 15.3. The summed E-state index contributed by atoms with van der Waals surface area (Å²) in [5.41, 5.74) is 2.32. The molecule has 0 saturated heterocycles. The lowest BCUT2D eigenvalue weighted by Gasteiger charge is -2.25. The third-order valence-corrected chi connectivity index (χ3v) is 4.44. The molecule has 1 aliphatic rings. The average molecular weight is 319 g/mol. The normalized spacial score (nSPS) is 18.0. The predicted octanol–water partition coefficient (Wildman–Crippen LogP) is 3.02. The van der Waals surface area contributed by atoms with E-state index in [1.807, 2.05) is 6.92 Å². The molecule has 0 aromatic carbocycles. The van der Waals surface area contributed by atoms with Gasteiger partial charge in [0.25, 0.3) is 0 Å². The molecule has 0 radical (unpaired) electrons. The summed E-state index contributed by atoms with van der Waals surface area (Å²) in [6.45, 7) is 11.2. The molecule has 1 aliphatic carbocycles. The first kappa shape index (κ1) is 17.8. The van der Waals surface area contributed by atoms with Crippen molar-refractivity contribution in [3.63, 3.8) is 0 Å². The van der Waals surface area contributed by atoms with Gasteiger partial charge in [-0.3, -0.25) is 9.67 Å². The van der Waals surface area contributed by atoms with Crippen LogP contribution < -0.4 is 10.6 Å². The van der Waals surface area contributed by atoms with Crippen LogP contribution in [0, 0.1) is 19.8 Å². The van der Waals surface area contributed by atoms with Gasteiger partial charge in [0.2, 0.25) is 0 Å². The minimum atomic E-state index is 0.467. The summed E-state index contributed by atoms with van der Waals surface area (Å²) in [7, 11) is 0. The zero-order valence-corrected chi connectivity index (χ0v) is 15.2. The predicted molar refractivity (Wildman–Crippen MR) is 96.9 cm³/mol. The largest absolute Gasteiger partial charge is 0.357 e. The Morgan fingerprint density at radius 3 is 2.70 bits per heavy atom. The molecule has 2 rings (SSSR count). The van der Waals surface area contributed by atoms with Crippen LogP contribution in [0.25, 0.3) is 0 Å². The van der Waals surface area contributed by atoms with Gasteiger partial charge in [0, 0.05) is 31.4 Å². The first-order chi connectivity index (χ1) is 11.1. The molecule has 23 heavy (non-hydrogen) atoms. The molecule has 1 fully saturated rings. The van der Waals surface area contributed by atoms with Crippen molar-refractivity contribution in [3.8, 4) is 0 Å². The molecule has 1 aromatic heterocycles. The second-order valence-corrected chi connectivity index (χ2v) is 6.91. The van der Waals surface area contributed by atoms with Crippen molar-refractivity contribution < 1.29 is 0 Å². The fourth-order valence-electron chi connectivity index (χ4n) is 3.22. The number of guanidine groups is 1. The number of nitrogens with zero attached hydrogens (tertiary/aromatic N) is 3. The van der Waals surface area contributed by atoms with E-state index in [0.29, 0.717) is 12.0 Å². The SMILES string of the molecule is CCNC(=NCC(C)Cn1nc(C)cc1C)NC1CCCCC1. The summed E-state index contributed by atoms with van der Waals surface area (Å²) in [5, 5.41) is 11.5. The standard InChI is InChI=1S/C18H33N5/c1-5-19-18(21-17-9-7-6-8-10-17)20-12-14(2)13-23-16(4)11-15(3)22-23/h11,14,17H,5-10,12-13H2,1-4H3,(H2,19,20,21). The van der Waals surface area contributed by atoms with Gasteiger partial charge in [-0.25, -0.2) is 0 Å². The van der Waals surface area contributed by atoms with E-state index in [1.54, 1.807) is 0 Å². The molecule has 1 unspecified atom stereocenters. The zero-order valence-electron chi connectivity index (χ0n) is 15.2. The highest BCUT2D eigenvalue weighted by Gasteiger charge is 2.14. The van der Waals surface area contributed by atoms with Gasteiger partial charge in [0.05, 0.1) is 5.69 Å².